The van der Waals surface area contributed by atoms with Crippen LogP contribution in [-0.2, 0) is 0 Å². The van der Waals surface area contributed by atoms with Crippen molar-refractivity contribution in [3.05, 3.63) is 0 Å². The summed E-state index contributed by atoms with van der Waals surface area (Å²) in [6.45, 7) is -0.848. The lowest BCUT2D eigenvalue weighted by Gasteiger charge is -2.10. The van der Waals surface area contributed by atoms with E-state index < -0.39 is 17.5 Å². The summed E-state index contributed by atoms with van der Waals surface area (Å²) in [5, 5.41) is 17.7. The molecule has 0 aromatic heterocycles. The molecule has 0 aromatic rings. The predicted octanol–water partition coefficient (Wildman–Crippen LogP) is 10.1. The van der Waals surface area contributed by atoms with Crippen molar-refractivity contribution in [2.75, 3.05) is 50.6 Å². The molecule has 28 heavy (non-hydrogen) atoms. The molecule has 0 unspecified atom stereocenters. The number of alkyl halides is 16. The lowest BCUT2D eigenvalue weighted by molar-refractivity contribution is 0.208. The zero-order chi connectivity index (χ0) is 24.9. The van der Waals surface area contributed by atoms with Gasteiger partial charge in [-0.3, -0.25) is 0 Å². The number of halogens is 16. The van der Waals surface area contributed by atoms with Crippen molar-refractivity contribution in [2.45, 2.75) is 4.33 Å². The van der Waals surface area contributed by atoms with Crippen molar-refractivity contribution in [3.8, 4) is 0 Å². The zero-order valence-corrected chi connectivity index (χ0v) is 25.9. The average molecular weight is 740 g/mol. The fourth-order valence-corrected chi connectivity index (χ4v) is 0.0500. The SMILES string of the molecule is ClCCl.ClCCl.ClCCl.ClCCl.ClCCl.ClCCl.ClCCl.OCC(Cl)(Cl)CO. The first kappa shape index (κ1) is 53.8. The molecule has 0 fully saturated rings. The van der Waals surface area contributed by atoms with Crippen LogP contribution in [0, 0.1) is 0 Å². The van der Waals surface area contributed by atoms with Gasteiger partial charge in [-0.25, -0.2) is 0 Å². The molecule has 0 aromatic carbocycles. The monoisotopic (exact) mass is 732 g/mol. The summed E-state index contributed by atoms with van der Waals surface area (Å²) in [5.41, 5.74) is 0. The number of rotatable bonds is 2. The van der Waals surface area contributed by atoms with Crippen molar-refractivity contribution in [1.29, 1.82) is 0 Å². The lowest BCUT2D eigenvalue weighted by atomic mass is 10.5. The first-order chi connectivity index (χ1) is 13.0. The van der Waals surface area contributed by atoms with Crippen LogP contribution in [0.2, 0.25) is 0 Å². The highest BCUT2D eigenvalue weighted by Crippen LogP contribution is 2.17. The van der Waals surface area contributed by atoms with Crippen LogP contribution in [0.5, 0.6) is 0 Å². The molecule has 0 atom stereocenters. The van der Waals surface area contributed by atoms with E-state index in [9.17, 15) is 0 Å². The molecule has 0 aliphatic heterocycles. The maximum Gasteiger partial charge on any atom is 0.163 e. The van der Waals surface area contributed by atoms with Crippen molar-refractivity contribution in [3.63, 3.8) is 0 Å². The molecule has 184 valence electrons. The van der Waals surface area contributed by atoms with E-state index in [-0.39, 0.29) is 37.4 Å². The molecule has 2 N–H and O–H groups in total. The van der Waals surface area contributed by atoms with Gasteiger partial charge in [0.15, 0.2) is 4.33 Å². The van der Waals surface area contributed by atoms with Crippen LogP contribution < -0.4 is 0 Å². The Morgan fingerprint density at radius 3 is 0.429 bits per heavy atom. The second-order valence-electron chi connectivity index (χ2n) is 1.88. The number of aliphatic hydroxyl groups is 2. The smallest absolute Gasteiger partial charge is 0.163 e. The summed E-state index contributed by atoms with van der Waals surface area (Å²) >= 11 is 77.0. The molecule has 0 heterocycles. The van der Waals surface area contributed by atoms with Gasteiger partial charge in [0.2, 0.25) is 0 Å². The maximum atomic E-state index is 8.17. The van der Waals surface area contributed by atoms with Crippen LogP contribution in [0.1, 0.15) is 0 Å². The number of hydrogen-bond acceptors (Lipinski definition) is 2. The third-order valence-corrected chi connectivity index (χ3v) is 0.941. The van der Waals surface area contributed by atoms with Crippen molar-refractivity contribution < 1.29 is 10.2 Å². The van der Waals surface area contributed by atoms with Gasteiger partial charge < -0.3 is 10.2 Å². The lowest BCUT2D eigenvalue weighted by Crippen LogP contribution is -2.22. The summed E-state index contributed by atoms with van der Waals surface area (Å²) in [4.78, 5) is 0. The minimum absolute atomic E-state index is 0.194. The number of hydrogen-bond donors (Lipinski definition) is 2. The third-order valence-electron chi connectivity index (χ3n) is 0.463. The largest absolute Gasteiger partial charge is 0.393 e. The third kappa shape index (κ3) is 239. The van der Waals surface area contributed by atoms with Gasteiger partial charge >= 0.3 is 0 Å². The van der Waals surface area contributed by atoms with Gasteiger partial charge in [0, 0.05) is 0 Å². The molecular weight excluding hydrogens is 719 g/mol. The second-order valence-corrected chi connectivity index (χ2v) is 9.18. The minimum Gasteiger partial charge on any atom is -0.393 e. The van der Waals surface area contributed by atoms with E-state index in [4.69, 9.17) is 196 Å². The molecule has 0 aliphatic rings. The van der Waals surface area contributed by atoms with Gasteiger partial charge in [-0.1, -0.05) is 23.2 Å². The van der Waals surface area contributed by atoms with E-state index in [0.29, 0.717) is 0 Å². The van der Waals surface area contributed by atoms with E-state index in [0.717, 1.165) is 0 Å². The minimum atomic E-state index is -1.36. The van der Waals surface area contributed by atoms with Gasteiger partial charge in [0.05, 0.1) is 50.6 Å². The molecular formula is C10H20Cl16O2. The Morgan fingerprint density at radius 2 is 0.429 bits per heavy atom. The van der Waals surface area contributed by atoms with Crippen LogP contribution in [0.3, 0.4) is 0 Å². The molecule has 0 bridgehead atoms. The van der Waals surface area contributed by atoms with Crippen LogP contribution in [0.25, 0.3) is 0 Å². The Morgan fingerprint density at radius 1 is 0.357 bits per heavy atom. The molecule has 2 nitrogen and oxygen atoms in total. The Kier molecular flexibility index (Phi) is 148. The highest BCUT2D eigenvalue weighted by molar-refractivity contribution is 6.48. The van der Waals surface area contributed by atoms with Gasteiger partial charge in [-0.05, 0) is 0 Å². The molecule has 0 aliphatic carbocycles. The van der Waals surface area contributed by atoms with Crippen LogP contribution >= 0.6 is 186 Å². The molecule has 0 saturated carbocycles. The summed E-state index contributed by atoms with van der Waals surface area (Å²) in [7, 11) is 0. The van der Waals surface area contributed by atoms with E-state index >= 15 is 0 Å². The van der Waals surface area contributed by atoms with Crippen molar-refractivity contribution in [1.82, 2.24) is 0 Å². The maximum absolute atomic E-state index is 8.17. The van der Waals surface area contributed by atoms with Crippen molar-refractivity contribution in [2.24, 2.45) is 0 Å². The summed E-state index contributed by atoms with van der Waals surface area (Å²) in [5.74, 6) is 0. The molecule has 0 rings (SSSR count). The normalized spacial score (nSPS) is 7.50. The van der Waals surface area contributed by atoms with E-state index in [1.807, 2.05) is 0 Å². The van der Waals surface area contributed by atoms with Gasteiger partial charge in [0.25, 0.3) is 0 Å². The second kappa shape index (κ2) is 77.0. The topological polar surface area (TPSA) is 40.5 Å². The first-order valence-corrected chi connectivity index (χ1v) is 13.7. The summed E-state index contributed by atoms with van der Waals surface area (Å²) in [6.07, 6.45) is 0. The van der Waals surface area contributed by atoms with E-state index in [1.165, 1.54) is 0 Å². The van der Waals surface area contributed by atoms with Gasteiger partial charge in [-0.2, -0.15) is 0 Å². The molecule has 0 amide bonds. The molecule has 0 radical (unpaired) electrons. The summed E-state index contributed by atoms with van der Waals surface area (Å²) < 4.78 is -1.36. The van der Waals surface area contributed by atoms with E-state index in [2.05, 4.69) is 0 Å². The van der Waals surface area contributed by atoms with Crippen LogP contribution in [0.15, 0.2) is 0 Å². The van der Waals surface area contributed by atoms with Gasteiger partial charge in [-0.15, -0.1) is 162 Å². The van der Waals surface area contributed by atoms with Gasteiger partial charge in [0.1, 0.15) is 0 Å². The zero-order valence-electron chi connectivity index (χ0n) is 13.8. The first-order valence-electron chi connectivity index (χ1n) is 5.46. The molecule has 0 saturated heterocycles. The van der Waals surface area contributed by atoms with Crippen LogP contribution in [-0.4, -0.2) is 65.1 Å². The Labute approximate surface area is 248 Å². The fraction of sp³-hybridized carbons (Fsp3) is 1.00. The highest BCUT2D eigenvalue weighted by Gasteiger charge is 2.20. The Hall–Kier alpha value is 4.56. The number of aliphatic hydroxyl groups excluding tert-OH is 2. The van der Waals surface area contributed by atoms with Crippen molar-refractivity contribution >= 4 is 186 Å². The standard InChI is InChI=1S/C3H6Cl2O2.7CH2Cl2/c4-3(5,1-6)2-7;7*2-1-3/h6-7H,1-2H2;7*1H2. The summed E-state index contributed by atoms with van der Waals surface area (Å²) in [6, 6.07) is 0. The Balaban J connectivity index is -0.0000000282. The molecule has 0 spiro atoms. The fourth-order valence-electron chi connectivity index (χ4n) is 0.0500. The Bertz CT molecular complexity index is 123. The highest BCUT2D eigenvalue weighted by atomic mass is 35.6. The van der Waals surface area contributed by atoms with Crippen LogP contribution in [0.4, 0.5) is 0 Å². The quantitative estimate of drug-likeness (QED) is 0.277. The predicted molar refractivity (Wildman–Crippen MR) is 145 cm³/mol. The average Bonchev–Trinajstić information content (AvgIpc) is 2.60. The van der Waals surface area contributed by atoms with E-state index in [1.54, 1.807) is 0 Å². The molecule has 18 heteroatoms.